The zero-order valence-electron chi connectivity index (χ0n) is 14.4. The molecule has 5 nitrogen and oxygen atoms in total. The number of fused-ring (bicyclic) bond motifs is 5. The smallest absolute Gasteiger partial charge is 0.263 e. The van der Waals surface area contributed by atoms with Crippen LogP contribution in [0, 0.1) is 0 Å². The number of imide groups is 1. The number of H-pyrrole nitrogens is 1. The van der Waals surface area contributed by atoms with Gasteiger partial charge in [-0.3, -0.25) is 14.5 Å². The predicted molar refractivity (Wildman–Crippen MR) is 102 cm³/mol. The van der Waals surface area contributed by atoms with Crippen LogP contribution in [-0.2, 0) is 0 Å². The summed E-state index contributed by atoms with van der Waals surface area (Å²) < 4.78 is 0. The third kappa shape index (κ3) is 2.36. The summed E-state index contributed by atoms with van der Waals surface area (Å²) in [7, 11) is 3.86. The summed E-state index contributed by atoms with van der Waals surface area (Å²) in [5.41, 5.74) is 2.77. The van der Waals surface area contributed by atoms with Crippen LogP contribution in [-0.4, -0.2) is 60.0 Å². The van der Waals surface area contributed by atoms with E-state index in [1.54, 1.807) is 11.8 Å². The number of amides is 2. The normalized spacial score (nSPS) is 14.3. The Kier molecular flexibility index (Phi) is 3.81. The Balaban J connectivity index is 1.96. The number of thioether (sulfide) groups is 1. The van der Waals surface area contributed by atoms with Crippen molar-refractivity contribution in [2.75, 3.05) is 33.4 Å². The van der Waals surface area contributed by atoms with Crippen LogP contribution in [0.3, 0.4) is 0 Å². The average molecular weight is 353 g/mol. The van der Waals surface area contributed by atoms with Gasteiger partial charge < -0.3 is 9.88 Å². The Labute approximate surface area is 150 Å². The molecule has 0 atom stereocenters. The number of nitrogens with one attached hydrogen (secondary N) is 1. The molecule has 1 aliphatic rings. The van der Waals surface area contributed by atoms with Gasteiger partial charge in [0.25, 0.3) is 11.8 Å². The molecule has 2 aromatic carbocycles. The van der Waals surface area contributed by atoms with Gasteiger partial charge in [0.2, 0.25) is 0 Å². The van der Waals surface area contributed by atoms with E-state index in [1.165, 1.54) is 4.90 Å². The maximum absolute atomic E-state index is 13.0. The molecule has 1 aliphatic heterocycles. The number of hydrogen-bond acceptors (Lipinski definition) is 4. The molecule has 6 heteroatoms. The van der Waals surface area contributed by atoms with Gasteiger partial charge in [-0.1, -0.05) is 18.2 Å². The fraction of sp³-hybridized carbons (Fsp3) is 0.263. The number of carbonyl (C=O) groups excluding carboxylic acids is 2. The van der Waals surface area contributed by atoms with Crippen LogP contribution in [0.15, 0.2) is 35.2 Å². The van der Waals surface area contributed by atoms with E-state index >= 15 is 0 Å². The van der Waals surface area contributed by atoms with E-state index < -0.39 is 0 Å². The lowest BCUT2D eigenvalue weighted by molar-refractivity contribution is 0.0645. The molecule has 0 unspecified atom stereocenters. The van der Waals surface area contributed by atoms with Crippen molar-refractivity contribution in [2.45, 2.75) is 4.90 Å². The first-order chi connectivity index (χ1) is 12.0. The third-order valence-corrected chi connectivity index (χ3v) is 5.43. The molecule has 0 spiro atoms. The zero-order valence-corrected chi connectivity index (χ0v) is 15.2. The molecule has 0 saturated heterocycles. The number of benzene rings is 2. The molecule has 25 heavy (non-hydrogen) atoms. The summed E-state index contributed by atoms with van der Waals surface area (Å²) in [5, 5.41) is 2.11. The van der Waals surface area contributed by atoms with Gasteiger partial charge in [-0.15, -0.1) is 11.8 Å². The van der Waals surface area contributed by atoms with Crippen molar-refractivity contribution < 1.29 is 9.59 Å². The highest BCUT2D eigenvalue weighted by Crippen LogP contribution is 2.39. The van der Waals surface area contributed by atoms with Crippen molar-refractivity contribution in [1.82, 2.24) is 14.8 Å². The molecule has 0 fully saturated rings. The fourth-order valence-corrected chi connectivity index (χ4v) is 4.07. The van der Waals surface area contributed by atoms with E-state index in [-0.39, 0.29) is 11.8 Å². The highest BCUT2D eigenvalue weighted by molar-refractivity contribution is 7.98. The van der Waals surface area contributed by atoms with Crippen molar-refractivity contribution in [1.29, 1.82) is 0 Å². The number of nitrogens with zero attached hydrogens (tertiary/aromatic N) is 2. The van der Waals surface area contributed by atoms with Crippen molar-refractivity contribution >= 4 is 45.4 Å². The fourth-order valence-electron chi connectivity index (χ4n) is 3.42. The van der Waals surface area contributed by atoms with Gasteiger partial charge >= 0.3 is 0 Å². The van der Waals surface area contributed by atoms with Crippen molar-refractivity contribution in [3.63, 3.8) is 0 Å². The number of likely N-dealkylation sites (N-methyl/N-ethyl adjacent to an activating group) is 1. The Hall–Kier alpha value is -2.31. The number of aromatic nitrogens is 1. The Morgan fingerprint density at radius 3 is 2.64 bits per heavy atom. The van der Waals surface area contributed by atoms with Crippen LogP contribution in [0.1, 0.15) is 20.7 Å². The molecule has 0 bridgehead atoms. The molecule has 128 valence electrons. The standard InChI is InChI=1S/C19H19N3O2S/c1-21(2)8-9-22-18(23)12-10-14(25-3)15-11-6-4-5-7-13(11)20-17(15)16(12)19(22)24/h4-7,10,20H,8-9H2,1-3H3. The van der Waals surface area contributed by atoms with Crippen LogP contribution in [0.2, 0.25) is 0 Å². The largest absolute Gasteiger partial charge is 0.354 e. The molecule has 0 aliphatic carbocycles. The van der Waals surface area contributed by atoms with Gasteiger partial charge in [-0.25, -0.2) is 0 Å². The zero-order chi connectivity index (χ0) is 17.7. The first-order valence-corrected chi connectivity index (χ1v) is 9.37. The second kappa shape index (κ2) is 5.89. The second-order valence-corrected chi connectivity index (χ2v) is 7.34. The number of carbonyl (C=O) groups is 2. The number of hydrogen-bond donors (Lipinski definition) is 1. The molecule has 4 rings (SSSR count). The lowest BCUT2D eigenvalue weighted by Gasteiger charge is -2.16. The van der Waals surface area contributed by atoms with Crippen LogP contribution in [0.5, 0.6) is 0 Å². The summed E-state index contributed by atoms with van der Waals surface area (Å²) in [5.74, 6) is -0.399. The van der Waals surface area contributed by atoms with Gasteiger partial charge in [0, 0.05) is 34.3 Å². The third-order valence-electron chi connectivity index (χ3n) is 4.67. The summed E-state index contributed by atoms with van der Waals surface area (Å²) in [4.78, 5) is 33.5. The van der Waals surface area contributed by atoms with Gasteiger partial charge in [0.1, 0.15) is 0 Å². The number of aromatic amines is 1. The average Bonchev–Trinajstić information content (AvgIpc) is 3.09. The minimum atomic E-state index is -0.203. The van der Waals surface area contributed by atoms with Crippen LogP contribution < -0.4 is 0 Å². The van der Waals surface area contributed by atoms with E-state index in [9.17, 15) is 9.59 Å². The monoisotopic (exact) mass is 353 g/mol. The van der Waals surface area contributed by atoms with Gasteiger partial charge in [-0.2, -0.15) is 0 Å². The van der Waals surface area contributed by atoms with Gasteiger partial charge in [0.15, 0.2) is 0 Å². The summed E-state index contributed by atoms with van der Waals surface area (Å²) >= 11 is 1.60. The number of rotatable bonds is 4. The van der Waals surface area contributed by atoms with Gasteiger partial charge in [0.05, 0.1) is 16.6 Å². The lowest BCUT2D eigenvalue weighted by Crippen LogP contribution is -2.35. The highest BCUT2D eigenvalue weighted by atomic mass is 32.2. The molecule has 1 N–H and O–H groups in total. The molecule has 2 heterocycles. The SMILES string of the molecule is CSc1cc2c(c3[nH]c4ccccc4c13)C(=O)N(CCN(C)C)C2=O. The first-order valence-electron chi connectivity index (χ1n) is 8.15. The summed E-state index contributed by atoms with van der Waals surface area (Å²) in [6.07, 6.45) is 1.99. The van der Waals surface area contributed by atoms with Crippen molar-refractivity contribution in [3.8, 4) is 0 Å². The van der Waals surface area contributed by atoms with Crippen LogP contribution >= 0.6 is 11.8 Å². The second-order valence-electron chi connectivity index (χ2n) is 6.49. The van der Waals surface area contributed by atoms with E-state index in [1.807, 2.05) is 55.6 Å². The minimum absolute atomic E-state index is 0.197. The van der Waals surface area contributed by atoms with Crippen LogP contribution in [0.4, 0.5) is 0 Å². The summed E-state index contributed by atoms with van der Waals surface area (Å²) in [6, 6.07) is 9.87. The summed E-state index contributed by atoms with van der Waals surface area (Å²) in [6.45, 7) is 1.05. The van der Waals surface area contributed by atoms with E-state index in [0.717, 1.165) is 26.7 Å². The Morgan fingerprint density at radius 1 is 1.16 bits per heavy atom. The highest BCUT2D eigenvalue weighted by Gasteiger charge is 2.38. The Bertz CT molecular complexity index is 1020. The molecule has 1 aromatic heterocycles. The van der Waals surface area contributed by atoms with Crippen LogP contribution in [0.25, 0.3) is 21.8 Å². The molecule has 0 radical (unpaired) electrons. The Morgan fingerprint density at radius 2 is 1.92 bits per heavy atom. The lowest BCUT2D eigenvalue weighted by atomic mass is 10.0. The number of para-hydroxylation sites is 1. The van der Waals surface area contributed by atoms with Crippen molar-refractivity contribution in [3.05, 3.63) is 41.5 Å². The van der Waals surface area contributed by atoms with Gasteiger partial charge in [-0.05, 0) is 32.5 Å². The van der Waals surface area contributed by atoms with E-state index in [2.05, 4.69) is 4.98 Å². The quantitative estimate of drug-likeness (QED) is 0.578. The van der Waals surface area contributed by atoms with E-state index in [4.69, 9.17) is 0 Å². The first kappa shape index (κ1) is 16.2. The van der Waals surface area contributed by atoms with E-state index in [0.29, 0.717) is 24.2 Å². The minimum Gasteiger partial charge on any atom is -0.354 e. The van der Waals surface area contributed by atoms with Crippen molar-refractivity contribution in [2.24, 2.45) is 0 Å². The molecular formula is C19H19N3O2S. The molecular weight excluding hydrogens is 334 g/mol. The topological polar surface area (TPSA) is 56.4 Å². The molecule has 0 saturated carbocycles. The maximum Gasteiger partial charge on any atom is 0.263 e. The molecule has 3 aromatic rings. The molecule has 2 amide bonds. The maximum atomic E-state index is 13.0. The predicted octanol–water partition coefficient (Wildman–Crippen LogP) is 3.20.